The average Bonchev–Trinajstić information content (AvgIpc) is 3.82. The number of nitrogens with one attached hydrogen (secondary N) is 3. The normalized spacial score (nSPS) is 17.6. The molecule has 42 heavy (non-hydrogen) atoms. The first kappa shape index (κ1) is 33.1. The summed E-state index contributed by atoms with van der Waals surface area (Å²) in [6, 6.07) is 14.5. The van der Waals surface area contributed by atoms with Crippen LogP contribution in [0.3, 0.4) is 0 Å². The lowest BCUT2D eigenvalue weighted by Crippen LogP contribution is -2.39. The molecule has 0 radical (unpaired) electrons. The molecule has 1 atom stereocenters. The Morgan fingerprint density at radius 1 is 0.976 bits per heavy atom. The molecule has 9 heteroatoms. The van der Waals surface area contributed by atoms with Crippen LogP contribution in [0.15, 0.2) is 42.5 Å². The van der Waals surface area contributed by atoms with E-state index < -0.39 is 0 Å². The number of benzene rings is 2. The molecule has 0 saturated carbocycles. The zero-order valence-corrected chi connectivity index (χ0v) is 26.0. The van der Waals surface area contributed by atoms with Crippen LogP contribution in [0.1, 0.15) is 61.6 Å². The van der Waals surface area contributed by atoms with Gasteiger partial charge in [-0.05, 0) is 89.7 Å². The van der Waals surface area contributed by atoms with Gasteiger partial charge < -0.3 is 25.6 Å². The van der Waals surface area contributed by atoms with E-state index in [-0.39, 0.29) is 11.9 Å². The number of hydrogen-bond acceptors (Lipinski definition) is 6. The molecule has 0 bridgehead atoms. The molecule has 1 unspecified atom stereocenters. The second kappa shape index (κ2) is 18.2. The number of aromatic nitrogens is 2. The summed E-state index contributed by atoms with van der Waals surface area (Å²) in [4.78, 5) is 23.7. The third kappa shape index (κ3) is 11.1. The molecule has 3 aromatic rings. The van der Waals surface area contributed by atoms with Crippen LogP contribution in [-0.4, -0.2) is 72.9 Å². The van der Waals surface area contributed by atoms with Crippen molar-refractivity contribution in [3.8, 4) is 5.88 Å². The number of hydrogen-bond donors (Lipinski definition) is 3. The molecule has 3 N–H and O–H groups in total. The summed E-state index contributed by atoms with van der Waals surface area (Å²) in [5.74, 6) is 0.684. The topological polar surface area (TPSA) is 101 Å². The van der Waals surface area contributed by atoms with Gasteiger partial charge in [-0.25, -0.2) is 0 Å². The predicted octanol–water partition coefficient (Wildman–Crippen LogP) is 4.25. The van der Waals surface area contributed by atoms with E-state index in [4.69, 9.17) is 4.74 Å². The molecule has 6 rings (SSSR count). The molecule has 2 aromatic carbocycles. The molecule has 1 aromatic heterocycles. The van der Waals surface area contributed by atoms with Gasteiger partial charge in [0.15, 0.2) is 0 Å². The summed E-state index contributed by atoms with van der Waals surface area (Å²) in [6.07, 6.45) is 9.51. The molecular weight excluding hydrogens is 528 g/mol. The second-order valence-electron chi connectivity index (χ2n) is 11.2. The van der Waals surface area contributed by atoms with Crippen molar-refractivity contribution in [2.45, 2.75) is 71.4 Å². The van der Waals surface area contributed by atoms with Crippen LogP contribution >= 0.6 is 0 Å². The second-order valence-corrected chi connectivity index (χ2v) is 11.2. The van der Waals surface area contributed by atoms with Crippen LogP contribution in [-0.2, 0) is 23.2 Å². The van der Waals surface area contributed by atoms with Gasteiger partial charge in [-0.3, -0.25) is 14.3 Å². The SMILES string of the molecule is C1CCNCC1.COc1nn(C)c2ccc(CNC(=O)C3CCCN3)cc12.Cc1ccc(C)cc1.O=CN1CCCC1. The fourth-order valence-electron chi connectivity index (χ4n) is 5.05. The molecule has 2 amide bonds. The van der Waals surface area contributed by atoms with Crippen LogP contribution < -0.4 is 20.7 Å². The van der Waals surface area contributed by atoms with Gasteiger partial charge in [-0.1, -0.05) is 47.9 Å². The summed E-state index contributed by atoms with van der Waals surface area (Å²) in [5.41, 5.74) is 4.71. The number of ether oxygens (including phenoxy) is 1. The molecule has 230 valence electrons. The summed E-state index contributed by atoms with van der Waals surface area (Å²) in [6.45, 7) is 10.1. The van der Waals surface area contributed by atoms with Gasteiger partial charge in [-0.2, -0.15) is 0 Å². The van der Waals surface area contributed by atoms with Gasteiger partial charge >= 0.3 is 0 Å². The molecule has 0 aliphatic carbocycles. The Morgan fingerprint density at radius 2 is 1.64 bits per heavy atom. The summed E-state index contributed by atoms with van der Waals surface area (Å²) in [7, 11) is 3.50. The van der Waals surface area contributed by atoms with Crippen LogP contribution in [0, 0.1) is 13.8 Å². The Labute approximate surface area is 251 Å². The van der Waals surface area contributed by atoms with Crippen molar-refractivity contribution < 1.29 is 14.3 Å². The molecule has 9 nitrogen and oxygen atoms in total. The highest BCUT2D eigenvalue weighted by Crippen LogP contribution is 2.25. The molecule has 3 saturated heterocycles. The predicted molar refractivity (Wildman–Crippen MR) is 170 cm³/mol. The van der Waals surface area contributed by atoms with E-state index in [0.29, 0.717) is 12.4 Å². The van der Waals surface area contributed by atoms with Crippen molar-refractivity contribution >= 4 is 23.2 Å². The highest BCUT2D eigenvalue weighted by atomic mass is 16.5. The van der Waals surface area contributed by atoms with Crippen molar-refractivity contribution in [1.82, 2.24) is 30.6 Å². The first-order valence-electron chi connectivity index (χ1n) is 15.4. The zero-order valence-electron chi connectivity index (χ0n) is 26.0. The number of methoxy groups -OCH3 is 1. The highest BCUT2D eigenvalue weighted by Gasteiger charge is 2.21. The van der Waals surface area contributed by atoms with Crippen LogP contribution in [0.2, 0.25) is 0 Å². The third-order valence-electron chi connectivity index (χ3n) is 7.63. The first-order chi connectivity index (χ1) is 20.4. The quantitative estimate of drug-likeness (QED) is 0.392. The lowest BCUT2D eigenvalue weighted by atomic mass is 10.1. The molecule has 3 aliphatic rings. The molecule has 3 aliphatic heterocycles. The monoisotopic (exact) mass is 578 g/mol. The van der Waals surface area contributed by atoms with E-state index in [0.717, 1.165) is 55.4 Å². The number of rotatable bonds is 5. The van der Waals surface area contributed by atoms with Crippen molar-refractivity contribution in [2.75, 3.05) is 39.8 Å². The Bertz CT molecular complexity index is 1180. The summed E-state index contributed by atoms with van der Waals surface area (Å²) in [5, 5.41) is 14.7. The fraction of sp³-hybridized carbons (Fsp3) is 0.545. The number of likely N-dealkylation sites (tertiary alicyclic amines) is 1. The highest BCUT2D eigenvalue weighted by molar-refractivity contribution is 5.85. The Balaban J connectivity index is 0.000000187. The third-order valence-corrected chi connectivity index (χ3v) is 7.63. The minimum atomic E-state index is -0.0401. The molecule has 0 spiro atoms. The molecule has 3 fully saturated rings. The molecule has 4 heterocycles. The van der Waals surface area contributed by atoms with Crippen molar-refractivity contribution in [1.29, 1.82) is 0 Å². The summed E-state index contributed by atoms with van der Waals surface area (Å²) >= 11 is 0. The van der Waals surface area contributed by atoms with Gasteiger partial charge in [0.1, 0.15) is 0 Å². The lowest BCUT2D eigenvalue weighted by Gasteiger charge is -2.11. The van der Waals surface area contributed by atoms with Gasteiger partial charge in [-0.15, -0.1) is 5.10 Å². The average molecular weight is 579 g/mol. The lowest BCUT2D eigenvalue weighted by molar-refractivity contribution is -0.123. The Morgan fingerprint density at radius 3 is 2.12 bits per heavy atom. The maximum absolute atomic E-state index is 12.0. The van der Waals surface area contributed by atoms with Crippen molar-refractivity contribution in [3.05, 3.63) is 59.2 Å². The van der Waals surface area contributed by atoms with Gasteiger partial charge in [0, 0.05) is 26.7 Å². The van der Waals surface area contributed by atoms with E-state index >= 15 is 0 Å². The number of nitrogens with zero attached hydrogens (tertiary/aromatic N) is 3. The van der Waals surface area contributed by atoms with Gasteiger partial charge in [0.05, 0.1) is 24.1 Å². The summed E-state index contributed by atoms with van der Waals surface area (Å²) < 4.78 is 7.07. The van der Waals surface area contributed by atoms with Crippen LogP contribution in [0.4, 0.5) is 0 Å². The minimum Gasteiger partial charge on any atom is -0.479 e. The van der Waals surface area contributed by atoms with Crippen molar-refractivity contribution in [3.63, 3.8) is 0 Å². The number of amides is 2. The van der Waals surface area contributed by atoms with Crippen molar-refractivity contribution in [2.24, 2.45) is 7.05 Å². The van der Waals surface area contributed by atoms with Gasteiger partial charge in [0.25, 0.3) is 0 Å². The number of carbonyl (C=O) groups is 2. The van der Waals surface area contributed by atoms with Crippen LogP contribution in [0.25, 0.3) is 10.9 Å². The van der Waals surface area contributed by atoms with E-state index in [1.54, 1.807) is 16.7 Å². The van der Waals surface area contributed by atoms with Gasteiger partial charge in [0.2, 0.25) is 18.2 Å². The standard InChI is InChI=1S/C15H20N4O2.C8H10.C5H9NO.C5H11N/c1-19-13-6-5-10(8-11(13)15(18-19)21-2)9-17-14(20)12-4-3-7-16-12;1-7-3-5-8(2)6-4-7;7-5-6-3-1-2-4-6;1-2-4-6-5-3-1/h5-6,8,12,16H,3-4,7,9H2,1-2H3,(H,17,20);3-6H,1-2H3;5H,1-4H2;6H,1-5H2. The van der Waals surface area contributed by atoms with E-state index in [1.165, 1.54) is 56.3 Å². The maximum Gasteiger partial charge on any atom is 0.240 e. The first-order valence-corrected chi connectivity index (χ1v) is 15.4. The number of carbonyl (C=O) groups excluding carboxylic acids is 2. The number of piperidine rings is 1. The van der Waals surface area contributed by atoms with E-state index in [9.17, 15) is 9.59 Å². The largest absolute Gasteiger partial charge is 0.479 e. The Kier molecular flexibility index (Phi) is 14.3. The zero-order chi connectivity index (χ0) is 30.2. The minimum absolute atomic E-state index is 0.0401. The van der Waals surface area contributed by atoms with E-state index in [2.05, 4.69) is 59.2 Å². The molecular formula is C33H50N6O3. The van der Waals surface area contributed by atoms with E-state index in [1.807, 2.05) is 25.2 Å². The maximum atomic E-state index is 12.0. The van der Waals surface area contributed by atoms with Crippen LogP contribution in [0.5, 0.6) is 5.88 Å². The Hall–Kier alpha value is -3.43. The number of aryl methyl sites for hydroxylation is 3. The number of fused-ring (bicyclic) bond motifs is 1. The smallest absolute Gasteiger partial charge is 0.240 e. The fourth-order valence-corrected chi connectivity index (χ4v) is 5.05.